The number of carbonyl (C=O) groups excluding carboxylic acids is 1. The lowest BCUT2D eigenvalue weighted by atomic mass is 10.1. The summed E-state index contributed by atoms with van der Waals surface area (Å²) in [6, 6.07) is 10.7. The molecule has 0 aliphatic carbocycles. The topological polar surface area (TPSA) is 61.4 Å². The molecule has 156 valence electrons. The molecule has 2 saturated heterocycles. The van der Waals surface area contributed by atoms with Gasteiger partial charge in [0, 0.05) is 37.9 Å². The number of rotatable bonds is 4. The monoisotopic (exact) mass is 421 g/mol. The third-order valence-corrected chi connectivity index (χ3v) is 7.35. The number of anilines is 1. The van der Waals surface area contributed by atoms with E-state index in [0.717, 1.165) is 35.0 Å². The molecule has 30 heavy (non-hydrogen) atoms. The third kappa shape index (κ3) is 3.79. The van der Waals surface area contributed by atoms with Gasteiger partial charge in [-0.2, -0.15) is 0 Å². The maximum atomic E-state index is 11.7. The molecule has 1 amide bonds. The number of benzene rings is 1. The smallest absolute Gasteiger partial charge is 0.252 e. The highest BCUT2D eigenvalue weighted by atomic mass is 32.1. The van der Waals surface area contributed by atoms with E-state index in [9.17, 15) is 4.79 Å². The summed E-state index contributed by atoms with van der Waals surface area (Å²) < 4.78 is 1.18. The normalized spacial score (nSPS) is 20.0. The summed E-state index contributed by atoms with van der Waals surface area (Å²) in [6.07, 6.45) is 6.94. The summed E-state index contributed by atoms with van der Waals surface area (Å²) in [5.41, 5.74) is 3.53. The average molecular weight is 422 g/mol. The minimum Gasteiger partial charge on any atom is -0.355 e. The van der Waals surface area contributed by atoms with Crippen molar-refractivity contribution in [1.82, 2.24) is 20.2 Å². The molecule has 1 aromatic carbocycles. The molecule has 4 heterocycles. The van der Waals surface area contributed by atoms with Crippen LogP contribution >= 0.6 is 11.3 Å². The van der Waals surface area contributed by atoms with Crippen LogP contribution in [-0.2, 0) is 0 Å². The van der Waals surface area contributed by atoms with Gasteiger partial charge < -0.3 is 10.2 Å². The quantitative estimate of drug-likeness (QED) is 0.695. The standard InChI is InChI=1S/C23H27N5OS/c1-24-22(29)17-6-7-19(25-14-17)16-5-8-20-21(13-16)30-23(26-20)28-12-9-18(15-28)27-10-3-2-4-11-27/h5-8,13-14,18H,2-4,9-12,15H2,1H3,(H,24,29). The molecule has 0 spiro atoms. The first kappa shape index (κ1) is 19.5. The van der Waals surface area contributed by atoms with Crippen LogP contribution in [0.3, 0.4) is 0 Å². The summed E-state index contributed by atoms with van der Waals surface area (Å²) in [5.74, 6) is -0.120. The molecule has 3 aromatic rings. The van der Waals surface area contributed by atoms with Gasteiger partial charge in [0.2, 0.25) is 0 Å². The molecule has 2 fully saturated rings. The van der Waals surface area contributed by atoms with Crippen LogP contribution in [0.1, 0.15) is 36.0 Å². The molecular formula is C23H27N5OS. The summed E-state index contributed by atoms with van der Waals surface area (Å²) >= 11 is 1.77. The molecule has 5 rings (SSSR count). The Kier molecular flexibility index (Phi) is 5.39. The molecule has 1 N–H and O–H groups in total. The largest absolute Gasteiger partial charge is 0.355 e. The predicted molar refractivity (Wildman–Crippen MR) is 122 cm³/mol. The van der Waals surface area contributed by atoms with Crippen LogP contribution in [0.2, 0.25) is 0 Å². The minimum absolute atomic E-state index is 0.120. The first-order valence-electron chi connectivity index (χ1n) is 10.8. The van der Waals surface area contributed by atoms with Gasteiger partial charge in [-0.1, -0.05) is 23.8 Å². The second-order valence-corrected chi connectivity index (χ2v) is 9.18. The molecule has 2 aliphatic rings. The van der Waals surface area contributed by atoms with Crippen LogP contribution in [-0.4, -0.2) is 60.0 Å². The first-order valence-corrected chi connectivity index (χ1v) is 11.6. The van der Waals surface area contributed by atoms with Crippen molar-refractivity contribution in [2.75, 3.05) is 38.1 Å². The second kappa shape index (κ2) is 8.32. The van der Waals surface area contributed by atoms with Crippen LogP contribution in [0, 0.1) is 0 Å². The van der Waals surface area contributed by atoms with E-state index in [1.807, 2.05) is 12.1 Å². The molecule has 0 radical (unpaired) electrons. The van der Waals surface area contributed by atoms with E-state index in [4.69, 9.17) is 4.98 Å². The maximum absolute atomic E-state index is 11.7. The zero-order valence-corrected chi connectivity index (χ0v) is 18.1. The number of nitrogens with zero attached hydrogens (tertiary/aromatic N) is 4. The highest BCUT2D eigenvalue weighted by Crippen LogP contribution is 2.34. The van der Waals surface area contributed by atoms with Crippen molar-refractivity contribution in [2.45, 2.75) is 31.7 Å². The van der Waals surface area contributed by atoms with Gasteiger partial charge in [0.05, 0.1) is 21.5 Å². The number of thiazole rings is 1. The summed E-state index contributed by atoms with van der Waals surface area (Å²) in [6.45, 7) is 4.70. The average Bonchev–Trinajstić information content (AvgIpc) is 3.46. The number of pyridine rings is 1. The van der Waals surface area contributed by atoms with Crippen LogP contribution < -0.4 is 10.2 Å². The third-order valence-electron chi connectivity index (χ3n) is 6.27. The van der Waals surface area contributed by atoms with E-state index in [0.29, 0.717) is 11.6 Å². The number of fused-ring (bicyclic) bond motifs is 1. The Labute approximate surface area is 180 Å². The van der Waals surface area contributed by atoms with Crippen LogP contribution in [0.25, 0.3) is 21.5 Å². The Hall–Kier alpha value is -2.51. The molecule has 0 saturated carbocycles. The van der Waals surface area contributed by atoms with Crippen molar-refractivity contribution in [1.29, 1.82) is 0 Å². The fraction of sp³-hybridized carbons (Fsp3) is 0.435. The van der Waals surface area contributed by atoms with Gasteiger partial charge in [0.25, 0.3) is 5.91 Å². The molecule has 1 atom stereocenters. The lowest BCUT2D eigenvalue weighted by molar-refractivity contribution is 0.0963. The Morgan fingerprint density at radius 3 is 2.77 bits per heavy atom. The fourth-order valence-electron chi connectivity index (χ4n) is 4.55. The van der Waals surface area contributed by atoms with Gasteiger partial charge in [-0.15, -0.1) is 0 Å². The Morgan fingerprint density at radius 1 is 1.13 bits per heavy atom. The van der Waals surface area contributed by atoms with E-state index < -0.39 is 0 Å². The lowest BCUT2D eigenvalue weighted by Gasteiger charge is -2.32. The van der Waals surface area contributed by atoms with E-state index in [1.165, 1.54) is 43.5 Å². The zero-order valence-electron chi connectivity index (χ0n) is 17.3. The number of likely N-dealkylation sites (tertiary alicyclic amines) is 1. The van der Waals surface area contributed by atoms with Gasteiger partial charge in [-0.3, -0.25) is 14.7 Å². The predicted octanol–water partition coefficient (Wildman–Crippen LogP) is 3.78. The van der Waals surface area contributed by atoms with Crippen molar-refractivity contribution >= 4 is 32.6 Å². The van der Waals surface area contributed by atoms with Crippen molar-refractivity contribution in [3.63, 3.8) is 0 Å². The summed E-state index contributed by atoms with van der Waals surface area (Å²) in [7, 11) is 1.63. The van der Waals surface area contributed by atoms with E-state index in [-0.39, 0.29) is 5.91 Å². The zero-order chi connectivity index (χ0) is 20.5. The van der Waals surface area contributed by atoms with Crippen LogP contribution in [0.15, 0.2) is 36.5 Å². The SMILES string of the molecule is CNC(=O)c1ccc(-c2ccc3nc(N4CCC(N5CCCCC5)C4)sc3c2)nc1. The fourth-order valence-corrected chi connectivity index (χ4v) is 5.59. The van der Waals surface area contributed by atoms with Gasteiger partial charge in [0.1, 0.15) is 0 Å². The van der Waals surface area contributed by atoms with Gasteiger partial charge in [-0.05, 0) is 56.6 Å². The Bertz CT molecular complexity index is 1040. The molecule has 0 bridgehead atoms. The number of carbonyl (C=O) groups is 1. The molecule has 2 aromatic heterocycles. The number of amides is 1. The van der Waals surface area contributed by atoms with Crippen molar-refractivity contribution in [2.24, 2.45) is 0 Å². The van der Waals surface area contributed by atoms with Crippen molar-refractivity contribution in [3.05, 3.63) is 42.1 Å². The summed E-state index contributed by atoms with van der Waals surface area (Å²) in [5, 5.41) is 3.75. The number of aromatic nitrogens is 2. The Balaban J connectivity index is 1.33. The van der Waals surface area contributed by atoms with Gasteiger partial charge in [0.15, 0.2) is 5.13 Å². The molecule has 1 unspecified atom stereocenters. The van der Waals surface area contributed by atoms with Crippen LogP contribution in [0.5, 0.6) is 0 Å². The Morgan fingerprint density at radius 2 is 2.00 bits per heavy atom. The van der Waals surface area contributed by atoms with E-state index in [1.54, 1.807) is 24.6 Å². The van der Waals surface area contributed by atoms with E-state index in [2.05, 4.69) is 38.3 Å². The van der Waals surface area contributed by atoms with Gasteiger partial charge >= 0.3 is 0 Å². The first-order chi connectivity index (χ1) is 14.7. The maximum Gasteiger partial charge on any atom is 0.252 e. The molecule has 6 nitrogen and oxygen atoms in total. The van der Waals surface area contributed by atoms with Crippen LogP contribution in [0.4, 0.5) is 5.13 Å². The molecule has 7 heteroatoms. The van der Waals surface area contributed by atoms with Crippen molar-refractivity contribution in [3.8, 4) is 11.3 Å². The number of piperidine rings is 1. The lowest BCUT2D eigenvalue weighted by Crippen LogP contribution is -2.40. The highest BCUT2D eigenvalue weighted by Gasteiger charge is 2.29. The number of hydrogen-bond acceptors (Lipinski definition) is 6. The van der Waals surface area contributed by atoms with E-state index >= 15 is 0 Å². The number of hydrogen-bond donors (Lipinski definition) is 1. The second-order valence-electron chi connectivity index (χ2n) is 8.18. The minimum atomic E-state index is -0.120. The van der Waals surface area contributed by atoms with Crippen molar-refractivity contribution < 1.29 is 4.79 Å². The van der Waals surface area contributed by atoms with Gasteiger partial charge in [-0.25, -0.2) is 4.98 Å². The molecule has 2 aliphatic heterocycles. The summed E-state index contributed by atoms with van der Waals surface area (Å²) in [4.78, 5) is 26.3. The highest BCUT2D eigenvalue weighted by molar-refractivity contribution is 7.22. The number of nitrogens with one attached hydrogen (secondary N) is 1. The molecular weight excluding hydrogens is 394 g/mol.